The van der Waals surface area contributed by atoms with Crippen LogP contribution in [-0.4, -0.2) is 12.7 Å². The van der Waals surface area contributed by atoms with Gasteiger partial charge in [0.05, 0.1) is 10.9 Å². The fraction of sp³-hybridized carbons (Fsp3) is 0.400. The Morgan fingerprint density at radius 2 is 1.94 bits per heavy atom. The molecule has 1 aromatic rings. The Morgan fingerprint density at radius 1 is 1.31 bits per heavy atom. The van der Waals surface area contributed by atoms with E-state index in [2.05, 4.69) is 0 Å². The molecule has 1 unspecified atom stereocenters. The Bertz CT molecular complexity index is 364. The zero-order valence-electron chi connectivity index (χ0n) is 8.19. The minimum absolute atomic E-state index is 0.117. The van der Waals surface area contributed by atoms with E-state index in [-0.39, 0.29) is 23.6 Å². The predicted molar refractivity (Wildman–Crippen MR) is 53.9 cm³/mol. The molecule has 0 fully saturated rings. The third-order valence-electron chi connectivity index (χ3n) is 2.20. The van der Waals surface area contributed by atoms with Crippen molar-refractivity contribution >= 4 is 11.6 Å². The molecule has 0 heterocycles. The van der Waals surface area contributed by atoms with Crippen LogP contribution in [0.25, 0.3) is 0 Å². The highest BCUT2D eigenvalue weighted by molar-refractivity contribution is 6.30. The lowest BCUT2D eigenvalue weighted by atomic mass is 9.95. The van der Waals surface area contributed by atoms with E-state index < -0.39 is 17.9 Å². The Hall–Kier alpha value is -0.810. The molecule has 1 atom stereocenters. The first kappa shape index (κ1) is 13.3. The van der Waals surface area contributed by atoms with Gasteiger partial charge in [0, 0.05) is 0 Å². The molecule has 0 saturated carbocycles. The smallest absolute Gasteiger partial charge is 0.330 e. The molecule has 0 spiro atoms. The fourth-order valence-corrected chi connectivity index (χ4v) is 1.53. The molecule has 1 nitrogen and oxygen atoms in total. The third-order valence-corrected chi connectivity index (χ3v) is 2.50. The van der Waals surface area contributed by atoms with Crippen molar-refractivity contribution in [1.82, 2.24) is 0 Å². The average molecular weight is 256 g/mol. The summed E-state index contributed by atoms with van der Waals surface area (Å²) in [6, 6.07) is 3.08. The molecule has 16 heavy (non-hydrogen) atoms. The molecule has 0 amide bonds. The van der Waals surface area contributed by atoms with Crippen molar-refractivity contribution in [3.05, 3.63) is 34.6 Å². The zero-order chi connectivity index (χ0) is 12.3. The van der Waals surface area contributed by atoms with Crippen molar-refractivity contribution in [2.75, 3.05) is 6.54 Å². The second-order valence-corrected chi connectivity index (χ2v) is 3.75. The zero-order valence-corrected chi connectivity index (χ0v) is 8.95. The molecule has 0 aliphatic rings. The lowest BCUT2D eigenvalue weighted by molar-refractivity contribution is -0.151. The van der Waals surface area contributed by atoms with E-state index in [0.717, 1.165) is 12.1 Å². The normalized spacial score (nSPS) is 13.9. The molecule has 0 aliphatic carbocycles. The Morgan fingerprint density at radius 3 is 2.38 bits per heavy atom. The van der Waals surface area contributed by atoms with Gasteiger partial charge in [0.25, 0.3) is 0 Å². The van der Waals surface area contributed by atoms with Crippen LogP contribution in [0.15, 0.2) is 18.2 Å². The van der Waals surface area contributed by atoms with Gasteiger partial charge < -0.3 is 5.73 Å². The van der Waals surface area contributed by atoms with Gasteiger partial charge >= 0.3 is 6.18 Å². The predicted octanol–water partition coefficient (Wildman–Crippen LogP) is 3.47. The third kappa shape index (κ3) is 3.09. The Labute approximate surface area is 95.2 Å². The summed E-state index contributed by atoms with van der Waals surface area (Å²) in [6.45, 7) is -0.117. The topological polar surface area (TPSA) is 26.0 Å². The van der Waals surface area contributed by atoms with Gasteiger partial charge in [-0.2, -0.15) is 13.2 Å². The van der Waals surface area contributed by atoms with E-state index in [9.17, 15) is 17.6 Å². The van der Waals surface area contributed by atoms with Crippen LogP contribution in [0.1, 0.15) is 17.9 Å². The van der Waals surface area contributed by atoms with E-state index >= 15 is 0 Å². The Balaban J connectivity index is 3.06. The van der Waals surface area contributed by atoms with Gasteiger partial charge in [0.15, 0.2) is 0 Å². The summed E-state index contributed by atoms with van der Waals surface area (Å²) in [5.74, 6) is -2.60. The number of hydrogen-bond acceptors (Lipinski definition) is 1. The van der Waals surface area contributed by atoms with Gasteiger partial charge in [-0.3, -0.25) is 0 Å². The quantitative estimate of drug-likeness (QED) is 0.823. The van der Waals surface area contributed by atoms with E-state index in [1.54, 1.807) is 0 Å². The lowest BCUT2D eigenvalue weighted by Gasteiger charge is -2.20. The Kier molecular flexibility index (Phi) is 4.15. The molecule has 90 valence electrons. The van der Waals surface area contributed by atoms with E-state index in [4.69, 9.17) is 17.3 Å². The highest BCUT2D eigenvalue weighted by atomic mass is 35.5. The number of hydrogen-bond donors (Lipinski definition) is 1. The van der Waals surface area contributed by atoms with Gasteiger partial charge in [-0.1, -0.05) is 17.7 Å². The number of nitrogens with two attached hydrogens (primary N) is 1. The van der Waals surface area contributed by atoms with Crippen molar-refractivity contribution in [1.29, 1.82) is 0 Å². The van der Waals surface area contributed by atoms with Crippen LogP contribution in [0, 0.1) is 5.82 Å². The maximum absolute atomic E-state index is 13.0. The molecule has 6 heteroatoms. The fourth-order valence-electron chi connectivity index (χ4n) is 1.42. The monoisotopic (exact) mass is 255 g/mol. The average Bonchev–Trinajstić information content (AvgIpc) is 2.17. The standard InChI is InChI=1S/C10H10ClF4N/c11-8-2-1-6(5-9(8)12)7(3-4-16)10(13,14)15/h1-2,5,7H,3-4,16H2. The van der Waals surface area contributed by atoms with Crippen LogP contribution >= 0.6 is 11.6 Å². The molecule has 0 aliphatic heterocycles. The minimum atomic E-state index is -4.43. The second kappa shape index (κ2) is 5.01. The first-order valence-electron chi connectivity index (χ1n) is 4.58. The molecule has 0 aromatic heterocycles. The van der Waals surface area contributed by atoms with Crippen LogP contribution in [0.2, 0.25) is 5.02 Å². The van der Waals surface area contributed by atoms with Crippen molar-refractivity contribution in [3.8, 4) is 0 Å². The highest BCUT2D eigenvalue weighted by Gasteiger charge is 2.40. The second-order valence-electron chi connectivity index (χ2n) is 3.35. The van der Waals surface area contributed by atoms with Crippen LogP contribution in [0.5, 0.6) is 0 Å². The van der Waals surface area contributed by atoms with Crippen molar-refractivity contribution in [3.63, 3.8) is 0 Å². The number of benzene rings is 1. The maximum Gasteiger partial charge on any atom is 0.395 e. The van der Waals surface area contributed by atoms with E-state index in [1.807, 2.05) is 0 Å². The highest BCUT2D eigenvalue weighted by Crippen LogP contribution is 2.37. The summed E-state index contributed by atoms with van der Waals surface area (Å²) in [4.78, 5) is 0. The van der Waals surface area contributed by atoms with Crippen molar-refractivity contribution < 1.29 is 17.6 Å². The maximum atomic E-state index is 13.0. The van der Waals surface area contributed by atoms with Crippen LogP contribution in [0.3, 0.4) is 0 Å². The van der Waals surface area contributed by atoms with Gasteiger partial charge in [0.2, 0.25) is 0 Å². The van der Waals surface area contributed by atoms with Crippen molar-refractivity contribution in [2.24, 2.45) is 5.73 Å². The minimum Gasteiger partial charge on any atom is -0.330 e. The largest absolute Gasteiger partial charge is 0.395 e. The summed E-state index contributed by atoms with van der Waals surface area (Å²) in [6.07, 6.45) is -4.70. The van der Waals surface area contributed by atoms with Gasteiger partial charge in [-0.05, 0) is 30.7 Å². The SMILES string of the molecule is NCCC(c1ccc(Cl)c(F)c1)C(F)(F)F. The van der Waals surface area contributed by atoms with Crippen LogP contribution in [0.4, 0.5) is 17.6 Å². The molecule has 0 bridgehead atoms. The molecule has 1 aromatic carbocycles. The summed E-state index contributed by atoms with van der Waals surface area (Å²) in [5.41, 5.74) is 4.96. The van der Waals surface area contributed by atoms with E-state index in [1.165, 1.54) is 6.07 Å². The van der Waals surface area contributed by atoms with Crippen LogP contribution < -0.4 is 5.73 Å². The molecular formula is C10H10ClF4N. The molecule has 0 saturated heterocycles. The first-order valence-corrected chi connectivity index (χ1v) is 4.95. The molecule has 1 rings (SSSR count). The van der Waals surface area contributed by atoms with Gasteiger partial charge in [0.1, 0.15) is 5.82 Å². The van der Waals surface area contributed by atoms with Crippen molar-refractivity contribution in [2.45, 2.75) is 18.5 Å². The summed E-state index contributed by atoms with van der Waals surface area (Å²) >= 11 is 5.40. The summed E-state index contributed by atoms with van der Waals surface area (Å²) in [7, 11) is 0. The molecule has 0 radical (unpaired) electrons. The van der Waals surface area contributed by atoms with E-state index in [0.29, 0.717) is 0 Å². The molecule has 2 N–H and O–H groups in total. The van der Waals surface area contributed by atoms with Crippen LogP contribution in [-0.2, 0) is 0 Å². The number of halogens is 5. The summed E-state index contributed by atoms with van der Waals surface area (Å²) < 4.78 is 50.9. The first-order chi connectivity index (χ1) is 7.36. The molecular weight excluding hydrogens is 246 g/mol. The van der Waals surface area contributed by atoms with Gasteiger partial charge in [-0.25, -0.2) is 4.39 Å². The lowest BCUT2D eigenvalue weighted by Crippen LogP contribution is -2.23. The summed E-state index contributed by atoms with van der Waals surface area (Å²) in [5, 5.41) is -0.197. The number of rotatable bonds is 3. The number of alkyl halides is 3. The van der Waals surface area contributed by atoms with Gasteiger partial charge in [-0.15, -0.1) is 0 Å².